The Labute approximate surface area is 57.0 Å². The molecule has 2 unspecified atom stereocenters. The first kappa shape index (κ1) is 5.52. The average molecular weight is 122 g/mol. The highest BCUT2D eigenvalue weighted by molar-refractivity contribution is 5.19. The Balaban J connectivity index is 2.09. The molecule has 2 aliphatic rings. The van der Waals surface area contributed by atoms with Crippen LogP contribution in [-0.2, 0) is 0 Å². The fourth-order valence-electron chi connectivity index (χ4n) is 2.39. The molecule has 0 aliphatic heterocycles. The summed E-state index contributed by atoms with van der Waals surface area (Å²) in [4.78, 5) is 0. The normalized spacial score (nSPS) is 44.8. The van der Waals surface area contributed by atoms with Gasteiger partial charge >= 0.3 is 0 Å². The predicted octanol–water partition coefficient (Wildman–Crippen LogP) is 2.75. The Hall–Kier alpha value is -0.260. The molecular weight excluding hydrogens is 108 g/mol. The maximum absolute atomic E-state index is 2.33. The summed E-state index contributed by atoms with van der Waals surface area (Å²) >= 11 is 0. The molecule has 9 heavy (non-hydrogen) atoms. The Bertz CT molecular complexity index is 144. The zero-order valence-corrected chi connectivity index (χ0v) is 6.06. The monoisotopic (exact) mass is 122 g/mol. The van der Waals surface area contributed by atoms with Gasteiger partial charge < -0.3 is 0 Å². The van der Waals surface area contributed by atoms with E-state index in [1.165, 1.54) is 25.7 Å². The fraction of sp³-hybridized carbons (Fsp3) is 0.778. The van der Waals surface area contributed by atoms with Crippen LogP contribution < -0.4 is 0 Å². The third kappa shape index (κ3) is 0.654. The van der Waals surface area contributed by atoms with Crippen molar-refractivity contribution in [2.24, 2.45) is 11.8 Å². The van der Waals surface area contributed by atoms with Gasteiger partial charge in [-0.2, -0.15) is 0 Å². The van der Waals surface area contributed by atoms with Gasteiger partial charge in [-0.05, 0) is 38.0 Å². The Kier molecular flexibility index (Phi) is 1.14. The van der Waals surface area contributed by atoms with Crippen molar-refractivity contribution in [3.05, 3.63) is 11.6 Å². The lowest BCUT2D eigenvalue weighted by Crippen LogP contribution is -2.22. The summed E-state index contributed by atoms with van der Waals surface area (Å²) in [5.41, 5.74) is 1.75. The van der Waals surface area contributed by atoms with Gasteiger partial charge in [-0.15, -0.1) is 0 Å². The third-order valence-electron chi connectivity index (χ3n) is 3.00. The molecule has 2 saturated carbocycles. The molecule has 0 heterocycles. The molecule has 0 N–H and O–H groups in total. The summed E-state index contributed by atoms with van der Waals surface area (Å²) in [6, 6.07) is 0. The van der Waals surface area contributed by atoms with Crippen molar-refractivity contribution in [1.29, 1.82) is 0 Å². The summed E-state index contributed by atoms with van der Waals surface area (Å²) in [6.45, 7) is 2.18. The minimum Gasteiger partial charge on any atom is -0.0882 e. The molecule has 0 aromatic rings. The first-order valence-electron chi connectivity index (χ1n) is 4.07. The van der Waals surface area contributed by atoms with Gasteiger partial charge in [0.2, 0.25) is 0 Å². The maximum Gasteiger partial charge on any atom is -0.0172 e. The van der Waals surface area contributed by atoms with Crippen LogP contribution in [0, 0.1) is 11.8 Å². The topological polar surface area (TPSA) is 0 Å². The highest BCUT2D eigenvalue weighted by Crippen LogP contribution is 2.50. The fourth-order valence-corrected chi connectivity index (χ4v) is 2.39. The molecule has 0 aromatic carbocycles. The zero-order chi connectivity index (χ0) is 6.27. The van der Waals surface area contributed by atoms with Gasteiger partial charge in [0.1, 0.15) is 0 Å². The molecule has 0 aromatic heterocycles. The van der Waals surface area contributed by atoms with Gasteiger partial charge in [-0.25, -0.2) is 0 Å². The molecule has 0 radical (unpaired) electrons. The summed E-state index contributed by atoms with van der Waals surface area (Å²) < 4.78 is 0. The maximum atomic E-state index is 2.33. The van der Waals surface area contributed by atoms with Gasteiger partial charge in [0.25, 0.3) is 0 Å². The number of fused-ring (bicyclic) bond motifs is 1. The smallest absolute Gasteiger partial charge is 0.0172 e. The largest absolute Gasteiger partial charge is 0.0882 e. The van der Waals surface area contributed by atoms with E-state index < -0.39 is 0 Å². The Morgan fingerprint density at radius 2 is 2.33 bits per heavy atom. The molecule has 50 valence electrons. The van der Waals surface area contributed by atoms with E-state index in [1.54, 1.807) is 5.57 Å². The second kappa shape index (κ2) is 1.86. The quantitative estimate of drug-likeness (QED) is 0.433. The van der Waals surface area contributed by atoms with Gasteiger partial charge in [0.05, 0.1) is 0 Å². The lowest BCUT2D eigenvalue weighted by atomic mass is 9.71. The zero-order valence-electron chi connectivity index (χ0n) is 6.06. The minimum absolute atomic E-state index is 1.04. The van der Waals surface area contributed by atoms with Gasteiger partial charge in [0, 0.05) is 0 Å². The van der Waals surface area contributed by atoms with Crippen LogP contribution in [0.1, 0.15) is 32.6 Å². The van der Waals surface area contributed by atoms with Gasteiger partial charge in [-0.1, -0.05) is 18.1 Å². The van der Waals surface area contributed by atoms with Gasteiger partial charge in [-0.3, -0.25) is 0 Å². The Morgan fingerprint density at radius 1 is 1.44 bits per heavy atom. The van der Waals surface area contributed by atoms with E-state index in [-0.39, 0.29) is 0 Å². The van der Waals surface area contributed by atoms with Crippen molar-refractivity contribution >= 4 is 0 Å². The van der Waals surface area contributed by atoms with Crippen molar-refractivity contribution in [2.75, 3.05) is 0 Å². The number of hydrogen-bond acceptors (Lipinski definition) is 0. The predicted molar refractivity (Wildman–Crippen MR) is 39.2 cm³/mol. The van der Waals surface area contributed by atoms with E-state index in [4.69, 9.17) is 0 Å². The first-order chi connectivity index (χ1) is 4.42. The average Bonchev–Trinajstić information content (AvgIpc) is 2.14. The summed E-state index contributed by atoms with van der Waals surface area (Å²) in [5.74, 6) is 2.14. The van der Waals surface area contributed by atoms with Crippen LogP contribution in [0.25, 0.3) is 0 Å². The highest BCUT2D eigenvalue weighted by atomic mass is 14.4. The van der Waals surface area contributed by atoms with Crippen LogP contribution in [0.15, 0.2) is 11.6 Å². The number of rotatable bonds is 0. The van der Waals surface area contributed by atoms with Crippen LogP contribution in [0.4, 0.5) is 0 Å². The van der Waals surface area contributed by atoms with Gasteiger partial charge in [0.15, 0.2) is 0 Å². The standard InChI is InChI=1S/C9H14/c1-2-7-6-8-4-3-5-9(7)8/h2,8-9H,3-6H2,1H3. The van der Waals surface area contributed by atoms with Crippen molar-refractivity contribution in [2.45, 2.75) is 32.6 Å². The van der Waals surface area contributed by atoms with Crippen LogP contribution in [0.5, 0.6) is 0 Å². The first-order valence-corrected chi connectivity index (χ1v) is 4.07. The summed E-state index contributed by atoms with van der Waals surface area (Å²) in [6.07, 6.45) is 8.26. The van der Waals surface area contributed by atoms with Crippen LogP contribution in [0.3, 0.4) is 0 Å². The van der Waals surface area contributed by atoms with Crippen molar-refractivity contribution in [3.63, 3.8) is 0 Å². The van der Waals surface area contributed by atoms with Crippen molar-refractivity contribution in [1.82, 2.24) is 0 Å². The summed E-state index contributed by atoms with van der Waals surface area (Å²) in [5, 5.41) is 0. The third-order valence-corrected chi connectivity index (χ3v) is 3.00. The molecule has 0 nitrogen and oxygen atoms in total. The molecular formula is C9H14. The number of allylic oxidation sites excluding steroid dienone is 2. The van der Waals surface area contributed by atoms with Crippen molar-refractivity contribution in [3.8, 4) is 0 Å². The van der Waals surface area contributed by atoms with E-state index in [0.717, 1.165) is 11.8 Å². The summed E-state index contributed by atoms with van der Waals surface area (Å²) in [7, 11) is 0. The molecule has 2 aliphatic carbocycles. The van der Waals surface area contributed by atoms with E-state index in [9.17, 15) is 0 Å². The molecule has 2 fully saturated rings. The highest BCUT2D eigenvalue weighted by Gasteiger charge is 2.38. The van der Waals surface area contributed by atoms with E-state index in [1.807, 2.05) is 0 Å². The SMILES string of the molecule is CC=C1CC2CCCC12. The minimum atomic E-state index is 1.04. The molecule has 0 heteroatoms. The van der Waals surface area contributed by atoms with E-state index in [0.29, 0.717) is 0 Å². The Morgan fingerprint density at radius 3 is 3.00 bits per heavy atom. The second-order valence-corrected chi connectivity index (χ2v) is 3.37. The lowest BCUT2D eigenvalue weighted by molar-refractivity contribution is 0.325. The molecule has 0 saturated heterocycles. The molecule has 0 amide bonds. The molecule has 0 spiro atoms. The molecule has 2 atom stereocenters. The van der Waals surface area contributed by atoms with Crippen molar-refractivity contribution < 1.29 is 0 Å². The lowest BCUT2D eigenvalue weighted by Gasteiger charge is -2.34. The molecule has 0 bridgehead atoms. The van der Waals surface area contributed by atoms with E-state index in [2.05, 4.69) is 13.0 Å². The van der Waals surface area contributed by atoms with Crippen LogP contribution in [-0.4, -0.2) is 0 Å². The van der Waals surface area contributed by atoms with Crippen LogP contribution >= 0.6 is 0 Å². The van der Waals surface area contributed by atoms with E-state index >= 15 is 0 Å². The van der Waals surface area contributed by atoms with Crippen LogP contribution in [0.2, 0.25) is 0 Å². The molecule has 2 rings (SSSR count). The second-order valence-electron chi connectivity index (χ2n) is 3.37. The number of hydrogen-bond donors (Lipinski definition) is 0.